The van der Waals surface area contributed by atoms with Gasteiger partial charge in [0.15, 0.2) is 0 Å². The Kier molecular flexibility index (Phi) is 2.75. The monoisotopic (exact) mass is 255 g/mol. The quantitative estimate of drug-likeness (QED) is 0.739. The molecule has 1 aromatic heterocycles. The van der Waals surface area contributed by atoms with Gasteiger partial charge in [-0.05, 0) is 48.4 Å². The van der Waals surface area contributed by atoms with Crippen molar-refractivity contribution in [2.24, 2.45) is 0 Å². The van der Waals surface area contributed by atoms with E-state index in [1.165, 1.54) is 0 Å². The summed E-state index contributed by atoms with van der Waals surface area (Å²) in [5.41, 5.74) is 2.61. The average molecular weight is 255 g/mol. The molecule has 2 nitrogen and oxygen atoms in total. The van der Waals surface area contributed by atoms with Crippen LogP contribution in [-0.4, -0.2) is 9.67 Å². The van der Waals surface area contributed by atoms with Gasteiger partial charge in [-0.25, -0.2) is 4.39 Å². The van der Waals surface area contributed by atoms with E-state index in [1.807, 2.05) is 29.0 Å². The Bertz CT molecular complexity index is 746. The molecule has 0 amide bonds. The van der Waals surface area contributed by atoms with Gasteiger partial charge in [0.25, 0.3) is 0 Å². The van der Waals surface area contributed by atoms with Crippen LogP contribution in [0.2, 0.25) is 0 Å². The van der Waals surface area contributed by atoms with Crippen LogP contribution >= 0.6 is 0 Å². The van der Waals surface area contributed by atoms with Crippen molar-refractivity contribution >= 4 is 10.9 Å². The van der Waals surface area contributed by atoms with Crippen molar-refractivity contribution in [1.82, 2.24) is 4.57 Å². The Labute approximate surface area is 110 Å². The predicted octanol–water partition coefficient (Wildman–Crippen LogP) is 3.84. The molecular weight excluding hydrogens is 241 g/mol. The molecule has 2 aromatic carbocycles. The molecule has 3 aromatic rings. The summed E-state index contributed by atoms with van der Waals surface area (Å²) in [6.07, 6.45) is 1.95. The van der Waals surface area contributed by atoms with Gasteiger partial charge in [-0.15, -0.1) is 0 Å². The fourth-order valence-corrected chi connectivity index (χ4v) is 2.26. The Morgan fingerprint density at radius 2 is 1.95 bits per heavy atom. The first kappa shape index (κ1) is 11.8. The molecule has 0 aliphatic rings. The SMILES string of the molecule is Cc1ccc(Cn2ccc3cc(O)ccc32)cc1F. The maximum absolute atomic E-state index is 13.5. The molecule has 0 bridgehead atoms. The van der Waals surface area contributed by atoms with Crippen LogP contribution in [0.15, 0.2) is 48.7 Å². The summed E-state index contributed by atoms with van der Waals surface area (Å²) in [6, 6.07) is 12.5. The topological polar surface area (TPSA) is 25.2 Å². The zero-order valence-corrected chi connectivity index (χ0v) is 10.6. The van der Waals surface area contributed by atoms with Crippen LogP contribution < -0.4 is 0 Å². The maximum atomic E-state index is 13.5. The number of nitrogens with zero attached hydrogens (tertiary/aromatic N) is 1. The first-order valence-electron chi connectivity index (χ1n) is 6.16. The van der Waals surface area contributed by atoms with Crippen LogP contribution in [0.5, 0.6) is 5.75 Å². The highest BCUT2D eigenvalue weighted by atomic mass is 19.1. The standard InChI is InChI=1S/C16H14FNO/c1-11-2-3-12(8-15(11)17)10-18-7-6-13-9-14(19)4-5-16(13)18/h2-9,19H,10H2,1H3. The van der Waals surface area contributed by atoms with E-state index in [9.17, 15) is 9.50 Å². The first-order valence-corrected chi connectivity index (χ1v) is 6.16. The highest BCUT2D eigenvalue weighted by Crippen LogP contribution is 2.22. The third kappa shape index (κ3) is 2.19. The summed E-state index contributed by atoms with van der Waals surface area (Å²) < 4.78 is 15.6. The predicted molar refractivity (Wildman–Crippen MR) is 73.8 cm³/mol. The van der Waals surface area contributed by atoms with Gasteiger partial charge in [0.2, 0.25) is 0 Å². The van der Waals surface area contributed by atoms with E-state index in [4.69, 9.17) is 0 Å². The number of aromatic nitrogens is 1. The highest BCUT2D eigenvalue weighted by molar-refractivity contribution is 5.81. The van der Waals surface area contributed by atoms with Crippen LogP contribution in [0, 0.1) is 12.7 Å². The molecule has 0 atom stereocenters. The van der Waals surface area contributed by atoms with E-state index < -0.39 is 0 Å². The molecule has 1 N–H and O–H groups in total. The van der Waals surface area contributed by atoms with E-state index in [1.54, 1.807) is 31.2 Å². The third-order valence-electron chi connectivity index (χ3n) is 3.34. The number of hydrogen-bond acceptors (Lipinski definition) is 1. The molecule has 0 saturated heterocycles. The second-order valence-corrected chi connectivity index (χ2v) is 4.77. The number of fused-ring (bicyclic) bond motifs is 1. The van der Waals surface area contributed by atoms with E-state index in [-0.39, 0.29) is 11.6 Å². The molecule has 0 radical (unpaired) electrons. The maximum Gasteiger partial charge on any atom is 0.126 e. The van der Waals surface area contributed by atoms with E-state index in [0.29, 0.717) is 12.1 Å². The number of aromatic hydroxyl groups is 1. The largest absolute Gasteiger partial charge is 0.508 e. The average Bonchev–Trinajstić information content (AvgIpc) is 2.76. The van der Waals surface area contributed by atoms with Gasteiger partial charge in [-0.1, -0.05) is 12.1 Å². The number of rotatable bonds is 2. The number of hydrogen-bond donors (Lipinski definition) is 1. The lowest BCUT2D eigenvalue weighted by molar-refractivity contribution is 0.476. The lowest BCUT2D eigenvalue weighted by Crippen LogP contribution is -1.98. The van der Waals surface area contributed by atoms with Gasteiger partial charge < -0.3 is 9.67 Å². The molecule has 0 aliphatic carbocycles. The number of aryl methyl sites for hydroxylation is 1. The smallest absolute Gasteiger partial charge is 0.126 e. The van der Waals surface area contributed by atoms with Crippen molar-refractivity contribution in [2.45, 2.75) is 13.5 Å². The normalized spacial score (nSPS) is 11.1. The molecule has 0 spiro atoms. The van der Waals surface area contributed by atoms with Crippen LogP contribution in [0.4, 0.5) is 4.39 Å². The molecule has 96 valence electrons. The van der Waals surface area contributed by atoms with Crippen molar-refractivity contribution in [2.75, 3.05) is 0 Å². The molecule has 1 heterocycles. The van der Waals surface area contributed by atoms with Crippen molar-refractivity contribution in [3.05, 3.63) is 65.6 Å². The summed E-state index contributed by atoms with van der Waals surface area (Å²) >= 11 is 0. The van der Waals surface area contributed by atoms with Gasteiger partial charge >= 0.3 is 0 Å². The summed E-state index contributed by atoms with van der Waals surface area (Å²) in [4.78, 5) is 0. The number of benzene rings is 2. The van der Waals surface area contributed by atoms with E-state index in [0.717, 1.165) is 16.5 Å². The lowest BCUT2D eigenvalue weighted by Gasteiger charge is -2.07. The minimum atomic E-state index is -0.174. The van der Waals surface area contributed by atoms with Crippen molar-refractivity contribution in [3.63, 3.8) is 0 Å². The van der Waals surface area contributed by atoms with Crippen LogP contribution in [0.3, 0.4) is 0 Å². The zero-order chi connectivity index (χ0) is 13.4. The minimum absolute atomic E-state index is 0.174. The Morgan fingerprint density at radius 1 is 1.11 bits per heavy atom. The van der Waals surface area contributed by atoms with Gasteiger partial charge in [-0.3, -0.25) is 0 Å². The summed E-state index contributed by atoms with van der Waals surface area (Å²) in [5, 5.41) is 10.4. The van der Waals surface area contributed by atoms with E-state index >= 15 is 0 Å². The number of phenolic OH excluding ortho intramolecular Hbond substituents is 1. The Morgan fingerprint density at radius 3 is 2.74 bits per heavy atom. The van der Waals surface area contributed by atoms with Gasteiger partial charge in [0.05, 0.1) is 0 Å². The molecule has 0 aliphatic heterocycles. The van der Waals surface area contributed by atoms with Gasteiger partial charge in [0.1, 0.15) is 11.6 Å². The van der Waals surface area contributed by atoms with Crippen LogP contribution in [0.1, 0.15) is 11.1 Å². The summed E-state index contributed by atoms with van der Waals surface area (Å²) in [6.45, 7) is 2.37. The second-order valence-electron chi connectivity index (χ2n) is 4.77. The number of halogens is 1. The second kappa shape index (κ2) is 4.43. The molecule has 0 fully saturated rings. The zero-order valence-electron chi connectivity index (χ0n) is 10.6. The van der Waals surface area contributed by atoms with Crippen molar-refractivity contribution in [3.8, 4) is 5.75 Å². The van der Waals surface area contributed by atoms with Crippen molar-refractivity contribution < 1.29 is 9.50 Å². The Balaban J connectivity index is 1.98. The Hall–Kier alpha value is -2.29. The fraction of sp³-hybridized carbons (Fsp3) is 0.125. The molecule has 3 heteroatoms. The van der Waals surface area contributed by atoms with Gasteiger partial charge in [0, 0.05) is 23.6 Å². The molecule has 0 unspecified atom stereocenters. The fourth-order valence-electron chi connectivity index (χ4n) is 2.26. The third-order valence-corrected chi connectivity index (χ3v) is 3.34. The summed E-state index contributed by atoms with van der Waals surface area (Å²) in [7, 11) is 0. The van der Waals surface area contributed by atoms with E-state index in [2.05, 4.69) is 0 Å². The molecule has 0 saturated carbocycles. The van der Waals surface area contributed by atoms with Crippen molar-refractivity contribution in [1.29, 1.82) is 0 Å². The van der Waals surface area contributed by atoms with Crippen LogP contribution in [-0.2, 0) is 6.54 Å². The van der Waals surface area contributed by atoms with Crippen LogP contribution in [0.25, 0.3) is 10.9 Å². The minimum Gasteiger partial charge on any atom is -0.508 e. The molecule has 19 heavy (non-hydrogen) atoms. The summed E-state index contributed by atoms with van der Waals surface area (Å²) in [5.74, 6) is 0.0817. The molecule has 3 rings (SSSR count). The highest BCUT2D eigenvalue weighted by Gasteiger charge is 2.04. The lowest BCUT2D eigenvalue weighted by atomic mass is 10.1. The first-order chi connectivity index (χ1) is 9.13. The number of phenols is 1. The van der Waals surface area contributed by atoms with Gasteiger partial charge in [-0.2, -0.15) is 0 Å². The molecular formula is C16H14FNO.